The van der Waals surface area contributed by atoms with Crippen LogP contribution in [0.5, 0.6) is 0 Å². The first-order valence-electron chi connectivity index (χ1n) is 21.2. The number of halogens is 1. The Labute approximate surface area is 407 Å². The molecule has 10 rings (SSSR count). The van der Waals surface area contributed by atoms with E-state index in [1.54, 1.807) is 64.5 Å². The third-order valence-electron chi connectivity index (χ3n) is 12.2. The zero-order chi connectivity index (χ0) is 44.0. The van der Waals surface area contributed by atoms with E-state index in [9.17, 15) is 19.8 Å². The predicted octanol–water partition coefficient (Wildman–Crippen LogP) is 5.36. The van der Waals surface area contributed by atoms with Gasteiger partial charge >= 0.3 is 29.6 Å². The minimum absolute atomic E-state index is 0. The van der Waals surface area contributed by atoms with Crippen LogP contribution < -0.4 is 40.7 Å². The van der Waals surface area contributed by atoms with Crippen molar-refractivity contribution < 1.29 is 39.8 Å². The molecule has 2 fully saturated rings. The molecule has 4 atom stereocenters. The molecule has 0 unspecified atom stereocenters. The fourth-order valence-corrected chi connectivity index (χ4v) is 9.53. The molecule has 0 radical (unpaired) electrons. The Morgan fingerprint density at radius 1 is 0.625 bits per heavy atom. The minimum Gasteiger partial charge on any atom is -0.796 e. The summed E-state index contributed by atoms with van der Waals surface area (Å²) < 4.78 is 3.25. The van der Waals surface area contributed by atoms with Crippen molar-refractivity contribution in [3.05, 3.63) is 146 Å². The number of hydrogen-bond donors (Lipinski definition) is 2. The Kier molecular flexibility index (Phi) is 16.3. The summed E-state index contributed by atoms with van der Waals surface area (Å²) in [5, 5.41) is 27.3. The van der Waals surface area contributed by atoms with Crippen molar-refractivity contribution in [2.24, 2.45) is 0 Å². The Morgan fingerprint density at radius 3 is 1.52 bits per heavy atom. The summed E-state index contributed by atoms with van der Waals surface area (Å²) in [7, 11) is 0. The maximum atomic E-state index is 13.5. The molecule has 0 saturated heterocycles. The van der Waals surface area contributed by atoms with Crippen LogP contribution in [0.4, 0.5) is 0 Å². The van der Waals surface area contributed by atoms with E-state index in [0.717, 1.165) is 93.8 Å². The molecule has 0 spiro atoms. The molecule has 2 aromatic carbocycles. The topological polar surface area (TPSA) is 162 Å². The summed E-state index contributed by atoms with van der Waals surface area (Å²) in [6.07, 6.45) is 24.8. The SMILES string of the molecule is CSc1ccc(Cc2cc3c(=O)n([C@H]4CCCC[C@@H]4O)cnc3c3ccncc23)cn1.C[S-].O=c1c2cc(Cc3ccc(Cl)nc3)c3cnccc3c2ncn1[C@H]1CCCC[C@@H]1O.[Na+]. The molecule has 8 aromatic rings. The van der Waals surface area contributed by atoms with Crippen LogP contribution >= 0.6 is 23.4 Å². The van der Waals surface area contributed by atoms with E-state index in [-0.39, 0.29) is 52.8 Å². The van der Waals surface area contributed by atoms with Crippen LogP contribution in [0.1, 0.15) is 85.7 Å². The van der Waals surface area contributed by atoms with Gasteiger partial charge in [-0.15, -0.1) is 11.8 Å². The normalized spacial score (nSPS) is 18.5. The maximum Gasteiger partial charge on any atom is 1.00 e. The molecular weight excluding hydrogens is 875 g/mol. The molecule has 12 nitrogen and oxygen atoms in total. The average molecular weight is 924 g/mol. The van der Waals surface area contributed by atoms with Crippen LogP contribution in [0.2, 0.25) is 5.15 Å². The van der Waals surface area contributed by atoms with Crippen LogP contribution in [0.15, 0.2) is 113 Å². The number of rotatable bonds is 7. The number of thioether (sulfide) groups is 1. The predicted molar refractivity (Wildman–Crippen MR) is 254 cm³/mol. The number of nitrogens with zero attached hydrogens (tertiary/aromatic N) is 8. The van der Waals surface area contributed by atoms with Gasteiger partial charge in [-0.1, -0.05) is 49.4 Å². The van der Waals surface area contributed by atoms with Gasteiger partial charge in [-0.25, -0.2) is 19.9 Å². The first kappa shape index (κ1) is 47.7. The van der Waals surface area contributed by atoms with E-state index in [1.807, 2.05) is 61.2 Å². The van der Waals surface area contributed by atoms with E-state index in [2.05, 4.69) is 48.6 Å². The van der Waals surface area contributed by atoms with E-state index in [4.69, 9.17) is 11.6 Å². The van der Waals surface area contributed by atoms with Gasteiger partial charge in [0.1, 0.15) is 5.15 Å². The Morgan fingerprint density at radius 2 is 1.09 bits per heavy atom. The van der Waals surface area contributed by atoms with Crippen LogP contribution in [0.3, 0.4) is 0 Å². The molecule has 2 N–H and O–H groups in total. The van der Waals surface area contributed by atoms with E-state index in [1.165, 1.54) is 0 Å². The largest absolute Gasteiger partial charge is 1.00 e. The number of hydrogen-bond acceptors (Lipinski definition) is 12. The molecule has 2 aliphatic rings. The smallest absolute Gasteiger partial charge is 0.796 e. The summed E-state index contributed by atoms with van der Waals surface area (Å²) in [6.45, 7) is 0. The molecule has 64 heavy (non-hydrogen) atoms. The second-order valence-electron chi connectivity index (χ2n) is 16.0. The number of aliphatic hydroxyl groups excluding tert-OH is 2. The summed E-state index contributed by atoms with van der Waals surface area (Å²) in [6, 6.07) is 15.0. The number of aliphatic hydroxyl groups is 2. The van der Waals surface area contributed by atoms with Crippen molar-refractivity contribution in [3.63, 3.8) is 0 Å². The van der Waals surface area contributed by atoms with Crippen molar-refractivity contribution >= 4 is 79.3 Å². The van der Waals surface area contributed by atoms with Crippen LogP contribution in [0.25, 0.3) is 43.4 Å². The fourth-order valence-electron chi connectivity index (χ4n) is 9.06. The van der Waals surface area contributed by atoms with Crippen molar-refractivity contribution in [2.45, 2.75) is 93.5 Å². The van der Waals surface area contributed by atoms with Gasteiger partial charge in [0.25, 0.3) is 11.1 Å². The molecular formula is C48H48ClN8NaO4S2. The van der Waals surface area contributed by atoms with Crippen LogP contribution in [-0.2, 0) is 25.5 Å². The first-order chi connectivity index (χ1) is 30.8. The average Bonchev–Trinajstić information content (AvgIpc) is 3.32. The van der Waals surface area contributed by atoms with Gasteiger partial charge in [0.2, 0.25) is 0 Å². The number of aromatic nitrogens is 8. The molecule has 0 amide bonds. The van der Waals surface area contributed by atoms with Crippen molar-refractivity contribution in [1.29, 1.82) is 0 Å². The summed E-state index contributed by atoms with van der Waals surface area (Å²) in [5.41, 5.74) is 5.23. The third kappa shape index (κ3) is 10.1. The van der Waals surface area contributed by atoms with E-state index < -0.39 is 12.2 Å². The quantitative estimate of drug-likeness (QED) is 0.0694. The summed E-state index contributed by atoms with van der Waals surface area (Å²) in [4.78, 5) is 53.4. The minimum atomic E-state index is -0.514. The Hall–Kier alpha value is -4.25. The van der Waals surface area contributed by atoms with E-state index in [0.29, 0.717) is 46.2 Å². The zero-order valence-electron chi connectivity index (χ0n) is 36.1. The second-order valence-corrected chi connectivity index (χ2v) is 17.2. The van der Waals surface area contributed by atoms with Gasteiger partial charge in [0, 0.05) is 58.7 Å². The maximum absolute atomic E-state index is 13.5. The van der Waals surface area contributed by atoms with Crippen molar-refractivity contribution in [2.75, 3.05) is 12.5 Å². The van der Waals surface area contributed by atoms with Gasteiger partial charge in [0.15, 0.2) is 0 Å². The molecule has 16 heteroatoms. The molecule has 324 valence electrons. The van der Waals surface area contributed by atoms with Crippen molar-refractivity contribution in [3.8, 4) is 0 Å². The van der Waals surface area contributed by atoms with Gasteiger partial charge < -0.3 is 22.8 Å². The zero-order valence-corrected chi connectivity index (χ0v) is 40.5. The molecule has 0 aliphatic heterocycles. The van der Waals surface area contributed by atoms with Crippen LogP contribution in [-0.4, -0.2) is 74.0 Å². The summed E-state index contributed by atoms with van der Waals surface area (Å²) >= 11 is 11.6. The van der Waals surface area contributed by atoms with Crippen molar-refractivity contribution in [1.82, 2.24) is 39.0 Å². The van der Waals surface area contributed by atoms with Gasteiger partial charge in [-0.05, 0) is 103 Å². The third-order valence-corrected chi connectivity index (χ3v) is 13.1. The number of fused-ring (bicyclic) bond motifs is 6. The summed E-state index contributed by atoms with van der Waals surface area (Å²) in [5.74, 6) is 0. The number of pyridine rings is 4. The molecule has 2 aliphatic carbocycles. The second kappa shape index (κ2) is 21.8. The van der Waals surface area contributed by atoms with Gasteiger partial charge in [0.05, 0.1) is 63.8 Å². The number of benzene rings is 2. The molecule has 2 saturated carbocycles. The standard InChI is InChI=1S/C24H24N4O2S.C23H21ClN4O2.CH4S.Na/c1-31-22-7-6-15(12-26-22)10-16-11-18-23(17-8-9-25-13-19(16)17)27-14-28(24(18)30)20-4-2-3-5-21(20)29;24-21-6-5-14(11-26-21)9-15-10-17-22(16-7-8-25-12-18(15)16)27-13-28(23(17)30)19-3-1-2-4-20(19)29;1-2;/h6-9,11-14,20-21,29H,2-5,10H2,1H3;5-8,10-13,19-20,29H,1-4,9H2;2H,1H3;/q;;;+1/p-1/t20-,21-;19-,20-;;/m00../s1. The monoisotopic (exact) mass is 922 g/mol. The molecule has 6 heterocycles. The molecule has 0 bridgehead atoms. The van der Waals surface area contributed by atoms with Gasteiger partial charge in [-0.3, -0.25) is 28.7 Å². The Balaban J connectivity index is 0.000000182. The Bertz CT molecular complexity index is 3010. The first-order valence-corrected chi connectivity index (χ1v) is 23.6. The van der Waals surface area contributed by atoms with Gasteiger partial charge in [-0.2, -0.15) is 6.26 Å². The van der Waals surface area contributed by atoms with E-state index >= 15 is 0 Å². The van der Waals surface area contributed by atoms with Crippen LogP contribution in [0, 0.1) is 0 Å². The molecule has 6 aromatic heterocycles. The fraction of sp³-hybridized carbons (Fsp3) is 0.333.